The Kier molecular flexibility index (Phi) is 3.46. The van der Waals surface area contributed by atoms with Crippen molar-refractivity contribution in [1.29, 1.82) is 0 Å². The molecule has 7 nitrogen and oxygen atoms in total. The SMILES string of the molecule is Nc1[nH]ncc1C(=O)Nc1ccc(CC(=O)O)cc1. The molecular formula is C12H12N4O3. The fraction of sp³-hybridized carbons (Fsp3) is 0.0833. The molecule has 0 aliphatic carbocycles. The van der Waals surface area contributed by atoms with Crippen molar-refractivity contribution in [1.82, 2.24) is 10.2 Å². The van der Waals surface area contributed by atoms with Crippen LogP contribution in [0.2, 0.25) is 0 Å². The number of nitrogens with one attached hydrogen (secondary N) is 2. The van der Waals surface area contributed by atoms with E-state index in [0.29, 0.717) is 11.3 Å². The molecule has 0 atom stereocenters. The second-order valence-electron chi connectivity index (χ2n) is 3.92. The number of benzene rings is 1. The molecule has 0 spiro atoms. The van der Waals surface area contributed by atoms with Gasteiger partial charge in [0.1, 0.15) is 11.4 Å². The zero-order valence-corrected chi connectivity index (χ0v) is 9.88. The molecule has 0 saturated heterocycles. The molecule has 1 amide bonds. The highest BCUT2D eigenvalue weighted by atomic mass is 16.4. The molecule has 0 unspecified atom stereocenters. The molecule has 98 valence electrons. The van der Waals surface area contributed by atoms with E-state index in [4.69, 9.17) is 10.8 Å². The maximum atomic E-state index is 11.8. The van der Waals surface area contributed by atoms with Gasteiger partial charge in [0.2, 0.25) is 0 Å². The van der Waals surface area contributed by atoms with Crippen LogP contribution in [0, 0.1) is 0 Å². The summed E-state index contributed by atoms with van der Waals surface area (Å²) in [5.74, 6) is -1.08. The van der Waals surface area contributed by atoms with Crippen molar-refractivity contribution in [2.45, 2.75) is 6.42 Å². The lowest BCUT2D eigenvalue weighted by Gasteiger charge is -2.05. The Hall–Kier alpha value is -2.83. The second kappa shape index (κ2) is 5.21. The number of hydrogen-bond acceptors (Lipinski definition) is 4. The molecule has 0 fully saturated rings. The van der Waals surface area contributed by atoms with E-state index in [1.807, 2.05) is 0 Å². The van der Waals surface area contributed by atoms with E-state index < -0.39 is 5.97 Å². The van der Waals surface area contributed by atoms with Crippen LogP contribution in [0.3, 0.4) is 0 Å². The maximum Gasteiger partial charge on any atom is 0.307 e. The van der Waals surface area contributed by atoms with Crippen LogP contribution in [-0.2, 0) is 11.2 Å². The first-order valence-electron chi connectivity index (χ1n) is 5.47. The third-order valence-electron chi connectivity index (χ3n) is 2.48. The minimum atomic E-state index is -0.900. The molecule has 7 heteroatoms. The van der Waals surface area contributed by atoms with Gasteiger partial charge in [-0.2, -0.15) is 5.10 Å². The fourth-order valence-corrected chi connectivity index (χ4v) is 1.56. The van der Waals surface area contributed by atoms with Crippen molar-refractivity contribution < 1.29 is 14.7 Å². The molecule has 0 saturated carbocycles. The Balaban J connectivity index is 2.06. The number of carboxylic acid groups (broad SMARTS) is 1. The van der Waals surface area contributed by atoms with Gasteiger partial charge in [0.25, 0.3) is 5.91 Å². The number of nitrogens with two attached hydrogens (primary N) is 1. The number of amides is 1. The van der Waals surface area contributed by atoms with Gasteiger partial charge in [0, 0.05) is 5.69 Å². The quantitative estimate of drug-likeness (QED) is 0.650. The van der Waals surface area contributed by atoms with Crippen LogP contribution in [-0.4, -0.2) is 27.2 Å². The first-order chi connectivity index (χ1) is 9.06. The maximum absolute atomic E-state index is 11.8. The first kappa shape index (κ1) is 12.6. The number of nitrogen functional groups attached to an aromatic ring is 1. The van der Waals surface area contributed by atoms with Crippen molar-refractivity contribution in [2.24, 2.45) is 0 Å². The number of anilines is 2. The van der Waals surface area contributed by atoms with E-state index in [0.717, 1.165) is 0 Å². The molecule has 0 aliphatic rings. The van der Waals surface area contributed by atoms with Crippen LogP contribution in [0.5, 0.6) is 0 Å². The van der Waals surface area contributed by atoms with Gasteiger partial charge in [-0.25, -0.2) is 0 Å². The van der Waals surface area contributed by atoms with Crippen LogP contribution >= 0.6 is 0 Å². The smallest absolute Gasteiger partial charge is 0.307 e. The van der Waals surface area contributed by atoms with Gasteiger partial charge in [-0.3, -0.25) is 14.7 Å². The van der Waals surface area contributed by atoms with E-state index >= 15 is 0 Å². The molecule has 0 radical (unpaired) electrons. The summed E-state index contributed by atoms with van der Waals surface area (Å²) in [6, 6.07) is 6.55. The molecule has 0 bridgehead atoms. The van der Waals surface area contributed by atoms with Crippen molar-refractivity contribution in [3.05, 3.63) is 41.6 Å². The molecule has 0 aliphatic heterocycles. The minimum Gasteiger partial charge on any atom is -0.481 e. The van der Waals surface area contributed by atoms with Crippen molar-refractivity contribution in [3.63, 3.8) is 0 Å². The molecular weight excluding hydrogens is 248 g/mol. The van der Waals surface area contributed by atoms with Crippen LogP contribution < -0.4 is 11.1 Å². The van der Waals surface area contributed by atoms with Crippen molar-refractivity contribution in [2.75, 3.05) is 11.1 Å². The largest absolute Gasteiger partial charge is 0.481 e. The van der Waals surface area contributed by atoms with E-state index in [9.17, 15) is 9.59 Å². The number of rotatable bonds is 4. The zero-order chi connectivity index (χ0) is 13.8. The summed E-state index contributed by atoms with van der Waals surface area (Å²) in [5, 5.41) is 17.4. The monoisotopic (exact) mass is 260 g/mol. The lowest BCUT2D eigenvalue weighted by molar-refractivity contribution is -0.136. The van der Waals surface area contributed by atoms with E-state index in [1.54, 1.807) is 24.3 Å². The second-order valence-corrected chi connectivity index (χ2v) is 3.92. The lowest BCUT2D eigenvalue weighted by Crippen LogP contribution is -2.13. The van der Waals surface area contributed by atoms with Gasteiger partial charge in [0.15, 0.2) is 0 Å². The van der Waals surface area contributed by atoms with Gasteiger partial charge in [-0.1, -0.05) is 12.1 Å². The summed E-state index contributed by atoms with van der Waals surface area (Å²) in [6.07, 6.45) is 1.28. The molecule has 19 heavy (non-hydrogen) atoms. The predicted octanol–water partition coefficient (Wildman–Crippen LogP) is 0.871. The predicted molar refractivity (Wildman–Crippen MR) is 68.7 cm³/mol. The molecule has 1 heterocycles. The molecule has 5 N–H and O–H groups in total. The number of carboxylic acids is 1. The summed E-state index contributed by atoms with van der Waals surface area (Å²) >= 11 is 0. The number of aromatic amines is 1. The van der Waals surface area contributed by atoms with Crippen LogP contribution in [0.15, 0.2) is 30.5 Å². The minimum absolute atomic E-state index is 0.0527. The molecule has 1 aromatic heterocycles. The van der Waals surface area contributed by atoms with Gasteiger partial charge < -0.3 is 16.2 Å². The normalized spacial score (nSPS) is 10.1. The number of hydrogen-bond donors (Lipinski definition) is 4. The van der Waals surface area contributed by atoms with E-state index in [1.165, 1.54) is 6.20 Å². The Labute approximate surface area is 108 Å². The lowest BCUT2D eigenvalue weighted by atomic mass is 10.1. The van der Waals surface area contributed by atoms with E-state index in [-0.39, 0.29) is 23.7 Å². The summed E-state index contributed by atoms with van der Waals surface area (Å²) < 4.78 is 0. The third-order valence-corrected chi connectivity index (χ3v) is 2.48. The zero-order valence-electron chi connectivity index (χ0n) is 9.88. The average molecular weight is 260 g/mol. The number of carbonyl (C=O) groups excluding carboxylic acids is 1. The summed E-state index contributed by atoms with van der Waals surface area (Å²) in [7, 11) is 0. The van der Waals surface area contributed by atoms with Crippen LogP contribution in [0.25, 0.3) is 0 Å². The molecule has 1 aromatic carbocycles. The highest BCUT2D eigenvalue weighted by Gasteiger charge is 2.11. The van der Waals surface area contributed by atoms with Gasteiger partial charge in [-0.05, 0) is 17.7 Å². The number of aromatic nitrogens is 2. The Bertz CT molecular complexity index is 604. The van der Waals surface area contributed by atoms with Crippen LogP contribution in [0.4, 0.5) is 11.5 Å². The standard InChI is InChI=1S/C12H12N4O3/c13-11-9(6-14-16-11)12(19)15-8-3-1-7(2-4-8)5-10(17)18/h1-4,6H,5H2,(H,15,19)(H,17,18)(H3,13,14,16). The number of H-pyrrole nitrogens is 1. The van der Waals surface area contributed by atoms with Gasteiger partial charge in [0.05, 0.1) is 12.6 Å². The highest BCUT2D eigenvalue weighted by molar-refractivity contribution is 6.07. The summed E-state index contributed by atoms with van der Waals surface area (Å²) in [4.78, 5) is 22.3. The van der Waals surface area contributed by atoms with Crippen LogP contribution in [0.1, 0.15) is 15.9 Å². The number of aliphatic carboxylic acids is 1. The average Bonchev–Trinajstić information content (AvgIpc) is 2.77. The van der Waals surface area contributed by atoms with Gasteiger partial charge >= 0.3 is 5.97 Å². The Morgan fingerprint density at radius 2 is 2.00 bits per heavy atom. The van der Waals surface area contributed by atoms with E-state index in [2.05, 4.69) is 15.5 Å². The highest BCUT2D eigenvalue weighted by Crippen LogP contribution is 2.13. The van der Waals surface area contributed by atoms with Gasteiger partial charge in [-0.15, -0.1) is 0 Å². The molecule has 2 aromatic rings. The third kappa shape index (κ3) is 3.09. The molecule has 2 rings (SSSR count). The Morgan fingerprint density at radius 1 is 1.32 bits per heavy atom. The summed E-state index contributed by atoms with van der Waals surface area (Å²) in [6.45, 7) is 0. The fourth-order valence-electron chi connectivity index (χ4n) is 1.56. The Morgan fingerprint density at radius 3 is 2.53 bits per heavy atom. The van der Waals surface area contributed by atoms with Crippen molar-refractivity contribution >= 4 is 23.4 Å². The topological polar surface area (TPSA) is 121 Å². The first-order valence-corrected chi connectivity index (χ1v) is 5.47. The number of nitrogens with zero attached hydrogens (tertiary/aromatic N) is 1. The number of carbonyl (C=O) groups is 2. The summed E-state index contributed by atoms with van der Waals surface area (Å²) in [5.41, 5.74) is 7.00. The van der Waals surface area contributed by atoms with Crippen molar-refractivity contribution in [3.8, 4) is 0 Å².